The minimum Gasteiger partial charge on any atom is -0.355 e. The maximum atomic E-state index is 12.7. The summed E-state index contributed by atoms with van der Waals surface area (Å²) in [5, 5.41) is 3.26. The summed E-state index contributed by atoms with van der Waals surface area (Å²) >= 11 is 0. The van der Waals surface area contributed by atoms with E-state index in [2.05, 4.69) is 41.2 Å². The van der Waals surface area contributed by atoms with E-state index in [1.807, 2.05) is 25.2 Å². The molecule has 0 atom stereocenters. The number of aryl methyl sites for hydroxylation is 2. The van der Waals surface area contributed by atoms with Crippen LogP contribution in [0.1, 0.15) is 35.2 Å². The zero-order valence-electron chi connectivity index (χ0n) is 15.3. The van der Waals surface area contributed by atoms with Crippen LogP contribution in [0, 0.1) is 6.92 Å². The summed E-state index contributed by atoms with van der Waals surface area (Å²) < 4.78 is 1.60. The Bertz CT molecular complexity index is 986. The van der Waals surface area contributed by atoms with Crippen LogP contribution in [0.2, 0.25) is 0 Å². The molecule has 0 fully saturated rings. The van der Waals surface area contributed by atoms with E-state index < -0.39 is 0 Å². The molecule has 0 amide bonds. The van der Waals surface area contributed by atoms with E-state index in [0.717, 1.165) is 49.3 Å². The molecule has 0 saturated carbocycles. The number of nitrogens with one attached hydrogen (secondary N) is 1. The van der Waals surface area contributed by atoms with Gasteiger partial charge in [0, 0.05) is 24.8 Å². The largest absolute Gasteiger partial charge is 0.355 e. The lowest BCUT2D eigenvalue weighted by Gasteiger charge is -2.19. The second-order valence-corrected chi connectivity index (χ2v) is 7.12. The molecule has 2 aromatic heterocycles. The monoisotopic (exact) mass is 348 g/mol. The van der Waals surface area contributed by atoms with Crippen molar-refractivity contribution in [1.82, 2.24) is 14.8 Å². The summed E-state index contributed by atoms with van der Waals surface area (Å²) in [4.78, 5) is 19.5. The van der Waals surface area contributed by atoms with Crippen molar-refractivity contribution >= 4 is 5.82 Å². The molecule has 1 aromatic carbocycles. The average molecular weight is 348 g/mol. The molecule has 3 aromatic rings. The average Bonchev–Trinajstić information content (AvgIpc) is 2.99. The molecule has 0 aliphatic heterocycles. The Balaban J connectivity index is 1.63. The summed E-state index contributed by atoms with van der Waals surface area (Å²) in [5.41, 5.74) is 4.54. The Morgan fingerprint density at radius 3 is 2.77 bits per heavy atom. The second kappa shape index (κ2) is 6.83. The van der Waals surface area contributed by atoms with Gasteiger partial charge in [0.2, 0.25) is 0 Å². The SMILES string of the molecule is Cc1cccc(CN(C)c2cccc(-n3[nH]c4c(c3=O)CCCC4)n2)c1. The third-order valence-corrected chi connectivity index (χ3v) is 5.02. The Kier molecular flexibility index (Phi) is 4.37. The minimum absolute atomic E-state index is 0.0469. The van der Waals surface area contributed by atoms with Gasteiger partial charge < -0.3 is 4.90 Å². The topological polar surface area (TPSA) is 53.9 Å². The summed E-state index contributed by atoms with van der Waals surface area (Å²) in [7, 11) is 2.02. The highest BCUT2D eigenvalue weighted by Crippen LogP contribution is 2.19. The lowest BCUT2D eigenvalue weighted by Crippen LogP contribution is -2.21. The Hall–Kier alpha value is -2.82. The van der Waals surface area contributed by atoms with Crippen molar-refractivity contribution in [2.75, 3.05) is 11.9 Å². The van der Waals surface area contributed by atoms with Crippen molar-refractivity contribution in [2.24, 2.45) is 0 Å². The van der Waals surface area contributed by atoms with Crippen LogP contribution in [0.15, 0.2) is 47.3 Å². The molecule has 4 rings (SSSR count). The molecular formula is C21H24N4O. The van der Waals surface area contributed by atoms with Crippen molar-refractivity contribution in [3.05, 3.63) is 75.2 Å². The van der Waals surface area contributed by atoms with Crippen molar-refractivity contribution in [3.8, 4) is 5.82 Å². The van der Waals surface area contributed by atoms with Gasteiger partial charge in [-0.25, -0.2) is 9.67 Å². The van der Waals surface area contributed by atoms with Crippen LogP contribution >= 0.6 is 0 Å². The Labute approximate surface area is 153 Å². The molecule has 5 nitrogen and oxygen atoms in total. The van der Waals surface area contributed by atoms with Gasteiger partial charge in [-0.05, 0) is 50.3 Å². The maximum absolute atomic E-state index is 12.7. The highest BCUT2D eigenvalue weighted by atomic mass is 16.1. The van der Waals surface area contributed by atoms with Gasteiger partial charge in [-0.1, -0.05) is 35.9 Å². The molecule has 2 heterocycles. The lowest BCUT2D eigenvalue weighted by atomic mass is 9.98. The fourth-order valence-electron chi connectivity index (χ4n) is 3.66. The van der Waals surface area contributed by atoms with Gasteiger partial charge in [0.25, 0.3) is 5.56 Å². The number of H-pyrrole nitrogens is 1. The molecule has 1 aliphatic rings. The number of anilines is 1. The maximum Gasteiger partial charge on any atom is 0.276 e. The lowest BCUT2D eigenvalue weighted by molar-refractivity contribution is 0.670. The van der Waals surface area contributed by atoms with Crippen molar-refractivity contribution in [1.29, 1.82) is 0 Å². The van der Waals surface area contributed by atoms with Crippen molar-refractivity contribution < 1.29 is 0 Å². The van der Waals surface area contributed by atoms with E-state index in [1.165, 1.54) is 11.1 Å². The fourth-order valence-corrected chi connectivity index (χ4v) is 3.66. The van der Waals surface area contributed by atoms with Crippen LogP contribution in [-0.4, -0.2) is 21.8 Å². The first-order valence-electron chi connectivity index (χ1n) is 9.19. The number of pyridine rings is 1. The number of nitrogens with zero attached hydrogens (tertiary/aromatic N) is 3. The predicted molar refractivity (Wildman–Crippen MR) is 104 cm³/mol. The molecule has 1 aliphatic carbocycles. The zero-order valence-corrected chi connectivity index (χ0v) is 15.3. The number of hydrogen-bond donors (Lipinski definition) is 1. The molecular weight excluding hydrogens is 324 g/mol. The van der Waals surface area contributed by atoms with E-state index in [9.17, 15) is 4.79 Å². The first-order valence-corrected chi connectivity index (χ1v) is 9.19. The van der Waals surface area contributed by atoms with Crippen molar-refractivity contribution in [2.45, 2.75) is 39.2 Å². The first kappa shape index (κ1) is 16.6. The van der Waals surface area contributed by atoms with Crippen LogP contribution in [0.4, 0.5) is 5.82 Å². The van der Waals surface area contributed by atoms with Crippen LogP contribution in [0.3, 0.4) is 0 Å². The Morgan fingerprint density at radius 1 is 1.15 bits per heavy atom. The van der Waals surface area contributed by atoms with Gasteiger partial charge in [-0.3, -0.25) is 9.89 Å². The quantitative estimate of drug-likeness (QED) is 0.786. The number of fused-ring (bicyclic) bond motifs is 1. The van der Waals surface area contributed by atoms with Gasteiger partial charge in [0.05, 0.1) is 0 Å². The van der Waals surface area contributed by atoms with Crippen molar-refractivity contribution in [3.63, 3.8) is 0 Å². The highest BCUT2D eigenvalue weighted by Gasteiger charge is 2.19. The predicted octanol–water partition coefficient (Wildman–Crippen LogP) is 3.38. The summed E-state index contributed by atoms with van der Waals surface area (Å²) in [6.07, 6.45) is 4.04. The first-order chi connectivity index (χ1) is 12.6. The number of aromatic amines is 1. The molecule has 0 unspecified atom stereocenters. The smallest absolute Gasteiger partial charge is 0.276 e. The molecule has 0 saturated heterocycles. The minimum atomic E-state index is 0.0469. The van der Waals surface area contributed by atoms with Gasteiger partial charge in [-0.2, -0.15) is 0 Å². The van der Waals surface area contributed by atoms with Gasteiger partial charge >= 0.3 is 0 Å². The third-order valence-electron chi connectivity index (χ3n) is 5.02. The summed E-state index contributed by atoms with van der Waals surface area (Å²) in [6, 6.07) is 14.3. The molecule has 0 spiro atoms. The molecule has 1 N–H and O–H groups in total. The number of hydrogen-bond acceptors (Lipinski definition) is 3. The highest BCUT2D eigenvalue weighted by molar-refractivity contribution is 5.43. The van der Waals surface area contributed by atoms with E-state index >= 15 is 0 Å². The molecule has 5 heteroatoms. The standard InChI is InChI=1S/C21H24N4O/c1-15-7-5-8-16(13-15)14-24(2)19-11-6-12-20(22-19)25-21(26)17-9-3-4-10-18(17)23-25/h5-8,11-13,23H,3-4,9-10,14H2,1-2H3. The van der Waals surface area contributed by atoms with Gasteiger partial charge in [-0.15, -0.1) is 0 Å². The fraction of sp³-hybridized carbons (Fsp3) is 0.333. The molecule has 0 radical (unpaired) electrons. The Morgan fingerprint density at radius 2 is 1.96 bits per heavy atom. The van der Waals surface area contributed by atoms with E-state index in [0.29, 0.717) is 5.82 Å². The van der Waals surface area contributed by atoms with Crippen LogP contribution in [-0.2, 0) is 19.4 Å². The number of rotatable bonds is 4. The molecule has 0 bridgehead atoms. The second-order valence-electron chi connectivity index (χ2n) is 7.12. The van der Waals surface area contributed by atoms with Gasteiger partial charge in [0.15, 0.2) is 5.82 Å². The van der Waals surface area contributed by atoms with E-state index in [4.69, 9.17) is 4.98 Å². The summed E-state index contributed by atoms with van der Waals surface area (Å²) in [5.74, 6) is 1.50. The normalized spacial score (nSPS) is 13.5. The van der Waals surface area contributed by atoms with Crippen LogP contribution in [0.25, 0.3) is 5.82 Å². The van der Waals surface area contributed by atoms with Crippen LogP contribution < -0.4 is 10.5 Å². The summed E-state index contributed by atoms with van der Waals surface area (Å²) in [6.45, 7) is 2.87. The zero-order chi connectivity index (χ0) is 18.1. The molecule has 26 heavy (non-hydrogen) atoms. The van der Waals surface area contributed by atoms with E-state index in [-0.39, 0.29) is 5.56 Å². The number of aromatic nitrogens is 3. The van der Waals surface area contributed by atoms with Crippen LogP contribution in [0.5, 0.6) is 0 Å². The van der Waals surface area contributed by atoms with Gasteiger partial charge in [0.1, 0.15) is 5.82 Å². The number of benzene rings is 1. The van der Waals surface area contributed by atoms with E-state index in [1.54, 1.807) is 4.68 Å². The third kappa shape index (κ3) is 3.17. The molecule has 134 valence electrons.